The summed E-state index contributed by atoms with van der Waals surface area (Å²) in [5, 5.41) is 33.5. The zero-order valence-electron chi connectivity index (χ0n) is 13.8. The molecule has 3 aliphatic rings. The number of ether oxygens (including phenoxy) is 1. The maximum absolute atomic E-state index is 11.8. The Bertz CT molecular complexity index is 437. The van der Waals surface area contributed by atoms with Crippen LogP contribution in [0.5, 0.6) is 0 Å². The van der Waals surface area contributed by atoms with E-state index in [2.05, 4.69) is 6.92 Å². The molecule has 3 rings (SSSR count). The summed E-state index contributed by atoms with van der Waals surface area (Å²) in [4.78, 5) is 0. The van der Waals surface area contributed by atoms with Gasteiger partial charge in [0.15, 0.2) is 0 Å². The van der Waals surface area contributed by atoms with Crippen LogP contribution < -0.4 is 0 Å². The van der Waals surface area contributed by atoms with Crippen LogP contribution in [0.3, 0.4) is 0 Å². The van der Waals surface area contributed by atoms with E-state index in [9.17, 15) is 15.3 Å². The average Bonchev–Trinajstić information content (AvgIpc) is 2.50. The summed E-state index contributed by atoms with van der Waals surface area (Å²) in [6, 6.07) is 0. The quantitative estimate of drug-likeness (QED) is 0.687. The van der Waals surface area contributed by atoms with Crippen LogP contribution in [0.1, 0.15) is 47.0 Å². The van der Waals surface area contributed by atoms with Gasteiger partial charge in [0.05, 0.1) is 23.9 Å². The molecule has 0 radical (unpaired) electrons. The lowest BCUT2D eigenvalue weighted by Gasteiger charge is -2.60. The van der Waals surface area contributed by atoms with Gasteiger partial charge < -0.3 is 20.1 Å². The number of hydrogen-bond acceptors (Lipinski definition) is 4. The Balaban J connectivity index is 2.19. The summed E-state index contributed by atoms with van der Waals surface area (Å²) >= 11 is 0. The molecule has 0 aromatic carbocycles. The molecule has 3 saturated carbocycles. The highest BCUT2D eigenvalue weighted by Crippen LogP contribution is 2.70. The topological polar surface area (TPSA) is 69.9 Å². The predicted molar refractivity (Wildman–Crippen MR) is 79.6 cm³/mol. The van der Waals surface area contributed by atoms with E-state index in [-0.39, 0.29) is 23.9 Å². The molecular weight excluding hydrogens is 268 g/mol. The predicted octanol–water partition coefficient (Wildman–Crippen LogP) is 1.57. The van der Waals surface area contributed by atoms with Crippen LogP contribution in [0.25, 0.3) is 0 Å². The Morgan fingerprint density at radius 3 is 2.33 bits per heavy atom. The van der Waals surface area contributed by atoms with Crippen molar-refractivity contribution in [1.29, 1.82) is 0 Å². The van der Waals surface area contributed by atoms with Crippen molar-refractivity contribution in [1.82, 2.24) is 0 Å². The van der Waals surface area contributed by atoms with E-state index in [4.69, 9.17) is 4.74 Å². The minimum absolute atomic E-state index is 0.00850. The second kappa shape index (κ2) is 4.44. The van der Waals surface area contributed by atoms with Crippen molar-refractivity contribution in [2.45, 2.75) is 70.9 Å². The second-order valence-corrected chi connectivity index (χ2v) is 8.56. The lowest BCUT2D eigenvalue weighted by Crippen LogP contribution is -2.67. The van der Waals surface area contributed by atoms with E-state index in [0.29, 0.717) is 6.42 Å². The Labute approximate surface area is 127 Å². The highest BCUT2D eigenvalue weighted by Gasteiger charge is 2.77. The zero-order chi connectivity index (χ0) is 15.8. The van der Waals surface area contributed by atoms with E-state index < -0.39 is 28.6 Å². The van der Waals surface area contributed by atoms with Crippen molar-refractivity contribution < 1.29 is 20.1 Å². The third-order valence-electron chi connectivity index (χ3n) is 7.27. The van der Waals surface area contributed by atoms with Crippen LogP contribution in [0.15, 0.2) is 0 Å². The van der Waals surface area contributed by atoms with E-state index in [1.807, 2.05) is 20.8 Å². The first-order valence-electron chi connectivity index (χ1n) is 8.23. The molecule has 3 fully saturated rings. The van der Waals surface area contributed by atoms with Crippen molar-refractivity contribution >= 4 is 0 Å². The lowest BCUT2D eigenvalue weighted by atomic mass is 9.50. The number of rotatable bonds is 1. The molecule has 0 aromatic rings. The zero-order valence-corrected chi connectivity index (χ0v) is 13.8. The first kappa shape index (κ1) is 15.7. The Kier molecular flexibility index (Phi) is 3.32. The van der Waals surface area contributed by atoms with Gasteiger partial charge in [0.2, 0.25) is 0 Å². The molecule has 0 saturated heterocycles. The van der Waals surface area contributed by atoms with Crippen LogP contribution in [-0.4, -0.2) is 46.3 Å². The molecule has 122 valence electrons. The van der Waals surface area contributed by atoms with Gasteiger partial charge >= 0.3 is 0 Å². The third kappa shape index (κ3) is 1.60. The standard InChI is InChI=1S/C17H30O4/c1-9-8-10(18)13-15(2,3)14(19)16(4)7-6-11(21-5)12(9)17(13,16)20/h9-14,18-20H,6-8H2,1-5H3/t9-,10+,11+,12-,13+,14-,16+,17-/m1/s1. The van der Waals surface area contributed by atoms with E-state index in [0.717, 1.165) is 12.8 Å². The maximum atomic E-state index is 11.8. The Hall–Kier alpha value is -0.160. The minimum atomic E-state index is -1.06. The van der Waals surface area contributed by atoms with Gasteiger partial charge in [0, 0.05) is 24.4 Å². The smallest absolute Gasteiger partial charge is 0.0839 e. The molecular formula is C17H30O4. The molecule has 0 spiro atoms. The van der Waals surface area contributed by atoms with Gasteiger partial charge in [-0.3, -0.25) is 0 Å². The minimum Gasteiger partial charge on any atom is -0.393 e. The summed E-state index contributed by atoms with van der Waals surface area (Å²) in [6.45, 7) is 8.07. The van der Waals surface area contributed by atoms with Crippen LogP contribution in [0.4, 0.5) is 0 Å². The normalized spacial score (nSPS) is 58.9. The largest absolute Gasteiger partial charge is 0.393 e. The molecule has 4 nitrogen and oxygen atoms in total. The van der Waals surface area contributed by atoms with Gasteiger partial charge in [-0.05, 0) is 30.6 Å². The summed E-state index contributed by atoms with van der Waals surface area (Å²) in [5.74, 6) is -0.137. The van der Waals surface area contributed by atoms with Crippen molar-refractivity contribution in [3.63, 3.8) is 0 Å². The van der Waals surface area contributed by atoms with Gasteiger partial charge in [-0.25, -0.2) is 0 Å². The number of hydrogen-bond donors (Lipinski definition) is 3. The fraction of sp³-hybridized carbons (Fsp3) is 1.00. The lowest BCUT2D eigenvalue weighted by molar-refractivity contribution is -0.253. The van der Waals surface area contributed by atoms with Gasteiger partial charge in [0.25, 0.3) is 0 Å². The first-order valence-corrected chi connectivity index (χ1v) is 8.23. The fourth-order valence-corrected chi connectivity index (χ4v) is 6.48. The van der Waals surface area contributed by atoms with E-state index in [1.54, 1.807) is 7.11 Å². The second-order valence-electron chi connectivity index (χ2n) is 8.56. The van der Waals surface area contributed by atoms with Crippen LogP contribution in [-0.2, 0) is 4.74 Å². The average molecular weight is 298 g/mol. The summed E-state index contributed by atoms with van der Waals surface area (Å²) in [5.41, 5.74) is -2.13. The van der Waals surface area contributed by atoms with Crippen molar-refractivity contribution in [2.24, 2.45) is 28.6 Å². The number of methoxy groups -OCH3 is 1. The molecule has 0 bridgehead atoms. The maximum Gasteiger partial charge on any atom is 0.0839 e. The number of aliphatic hydroxyl groups excluding tert-OH is 2. The monoisotopic (exact) mass is 298 g/mol. The van der Waals surface area contributed by atoms with Crippen LogP contribution in [0, 0.1) is 28.6 Å². The van der Waals surface area contributed by atoms with Crippen molar-refractivity contribution in [3.05, 3.63) is 0 Å². The van der Waals surface area contributed by atoms with E-state index >= 15 is 0 Å². The van der Waals surface area contributed by atoms with E-state index in [1.165, 1.54) is 0 Å². The van der Waals surface area contributed by atoms with Gasteiger partial charge in [-0.15, -0.1) is 0 Å². The highest BCUT2D eigenvalue weighted by atomic mass is 16.5. The molecule has 0 amide bonds. The van der Waals surface area contributed by atoms with Crippen LogP contribution in [0.2, 0.25) is 0 Å². The first-order chi connectivity index (χ1) is 9.62. The third-order valence-corrected chi connectivity index (χ3v) is 7.27. The van der Waals surface area contributed by atoms with Gasteiger partial charge in [-0.1, -0.05) is 27.7 Å². The summed E-state index contributed by atoms with van der Waals surface area (Å²) in [6.07, 6.45) is 1.10. The van der Waals surface area contributed by atoms with Crippen molar-refractivity contribution in [3.8, 4) is 0 Å². The molecule has 3 N–H and O–H groups in total. The molecule has 21 heavy (non-hydrogen) atoms. The highest BCUT2D eigenvalue weighted by molar-refractivity contribution is 5.26. The molecule has 4 heteroatoms. The molecule has 8 atom stereocenters. The summed E-state index contributed by atoms with van der Waals surface area (Å²) < 4.78 is 5.68. The summed E-state index contributed by atoms with van der Waals surface area (Å²) in [7, 11) is 1.71. The molecule has 0 unspecified atom stereocenters. The van der Waals surface area contributed by atoms with Crippen LogP contribution >= 0.6 is 0 Å². The molecule has 0 heterocycles. The fourth-order valence-electron chi connectivity index (χ4n) is 6.48. The molecule has 0 aliphatic heterocycles. The Morgan fingerprint density at radius 1 is 1.14 bits per heavy atom. The molecule has 0 aromatic heterocycles. The SMILES string of the molecule is CO[C@H]1CC[C@@]2(C)[C@H](O)C(C)(C)[C@@H]3[C@@H](O)C[C@@H](C)[C@H]1[C@@]32O. The van der Waals surface area contributed by atoms with Crippen molar-refractivity contribution in [2.75, 3.05) is 7.11 Å². The van der Waals surface area contributed by atoms with Gasteiger partial charge in [-0.2, -0.15) is 0 Å². The molecule has 3 aliphatic carbocycles. The Morgan fingerprint density at radius 2 is 1.76 bits per heavy atom. The van der Waals surface area contributed by atoms with Gasteiger partial charge in [0.1, 0.15) is 0 Å². The number of aliphatic hydroxyl groups is 3.